The average molecular weight is 228 g/mol. The summed E-state index contributed by atoms with van der Waals surface area (Å²) in [5, 5.41) is 0. The first-order chi connectivity index (χ1) is 8.27. The van der Waals surface area contributed by atoms with Crippen molar-refractivity contribution in [1.82, 2.24) is 0 Å². The molecule has 0 saturated heterocycles. The van der Waals surface area contributed by atoms with Crippen LogP contribution in [0.1, 0.15) is 25.2 Å². The SMILES string of the molecule is CCc1occ(CC)c(=O)c1-c1ccccc1. The lowest BCUT2D eigenvalue weighted by Crippen LogP contribution is -2.12. The van der Waals surface area contributed by atoms with Gasteiger partial charge in [0.15, 0.2) is 5.43 Å². The lowest BCUT2D eigenvalue weighted by Gasteiger charge is -2.07. The molecule has 88 valence electrons. The van der Waals surface area contributed by atoms with E-state index in [9.17, 15) is 4.79 Å². The zero-order valence-electron chi connectivity index (χ0n) is 10.2. The van der Waals surface area contributed by atoms with Crippen LogP contribution in [-0.4, -0.2) is 0 Å². The Bertz CT molecular complexity index is 553. The van der Waals surface area contributed by atoms with E-state index in [2.05, 4.69) is 0 Å². The molecule has 0 N–H and O–H groups in total. The molecule has 2 nitrogen and oxygen atoms in total. The molecule has 0 fully saturated rings. The maximum Gasteiger partial charge on any atom is 0.196 e. The van der Waals surface area contributed by atoms with Crippen LogP contribution in [-0.2, 0) is 12.8 Å². The summed E-state index contributed by atoms with van der Waals surface area (Å²) in [5.41, 5.74) is 2.49. The molecule has 0 radical (unpaired) electrons. The molecule has 0 atom stereocenters. The molecule has 0 aliphatic carbocycles. The summed E-state index contributed by atoms with van der Waals surface area (Å²) in [4.78, 5) is 12.3. The molecular formula is C15H16O2. The first-order valence-corrected chi connectivity index (χ1v) is 5.96. The van der Waals surface area contributed by atoms with Crippen LogP contribution in [0.25, 0.3) is 11.1 Å². The van der Waals surface area contributed by atoms with Gasteiger partial charge in [-0.2, -0.15) is 0 Å². The van der Waals surface area contributed by atoms with Crippen LogP contribution in [0.15, 0.2) is 45.8 Å². The average Bonchev–Trinajstić information content (AvgIpc) is 2.39. The third-order valence-electron chi connectivity index (χ3n) is 2.91. The van der Waals surface area contributed by atoms with Gasteiger partial charge in [0.1, 0.15) is 5.76 Å². The highest BCUT2D eigenvalue weighted by molar-refractivity contribution is 5.65. The van der Waals surface area contributed by atoms with Gasteiger partial charge in [0.25, 0.3) is 0 Å². The lowest BCUT2D eigenvalue weighted by atomic mass is 10.0. The van der Waals surface area contributed by atoms with E-state index < -0.39 is 0 Å². The summed E-state index contributed by atoms with van der Waals surface area (Å²) in [7, 11) is 0. The van der Waals surface area contributed by atoms with E-state index in [-0.39, 0.29) is 5.43 Å². The Morgan fingerprint density at radius 1 is 1.06 bits per heavy atom. The van der Waals surface area contributed by atoms with E-state index in [1.807, 2.05) is 44.2 Å². The van der Waals surface area contributed by atoms with Crippen LogP contribution in [0.3, 0.4) is 0 Å². The monoisotopic (exact) mass is 228 g/mol. The molecule has 1 aromatic carbocycles. The molecule has 2 rings (SSSR count). The Balaban J connectivity index is 2.70. The van der Waals surface area contributed by atoms with Crippen molar-refractivity contribution >= 4 is 0 Å². The van der Waals surface area contributed by atoms with Crippen LogP contribution in [0, 0.1) is 0 Å². The molecule has 0 spiro atoms. The van der Waals surface area contributed by atoms with E-state index in [0.717, 1.165) is 23.3 Å². The molecule has 17 heavy (non-hydrogen) atoms. The van der Waals surface area contributed by atoms with Crippen molar-refractivity contribution in [2.24, 2.45) is 0 Å². The van der Waals surface area contributed by atoms with E-state index in [4.69, 9.17) is 4.42 Å². The normalized spacial score (nSPS) is 10.5. The van der Waals surface area contributed by atoms with Crippen molar-refractivity contribution in [3.8, 4) is 11.1 Å². The number of hydrogen-bond acceptors (Lipinski definition) is 2. The molecule has 2 aromatic rings. The van der Waals surface area contributed by atoms with Crippen molar-refractivity contribution in [3.63, 3.8) is 0 Å². The molecule has 0 aliphatic rings. The van der Waals surface area contributed by atoms with Gasteiger partial charge in [0, 0.05) is 12.0 Å². The molecule has 1 heterocycles. The van der Waals surface area contributed by atoms with Crippen LogP contribution in [0.2, 0.25) is 0 Å². The largest absolute Gasteiger partial charge is 0.468 e. The van der Waals surface area contributed by atoms with E-state index >= 15 is 0 Å². The highest BCUT2D eigenvalue weighted by Crippen LogP contribution is 2.21. The summed E-state index contributed by atoms with van der Waals surface area (Å²) < 4.78 is 5.56. The molecule has 0 bridgehead atoms. The minimum absolute atomic E-state index is 0.0989. The highest BCUT2D eigenvalue weighted by Gasteiger charge is 2.13. The number of aryl methyl sites for hydroxylation is 2. The van der Waals surface area contributed by atoms with Crippen molar-refractivity contribution in [2.75, 3.05) is 0 Å². The zero-order valence-corrected chi connectivity index (χ0v) is 10.2. The lowest BCUT2D eigenvalue weighted by molar-refractivity contribution is 0.493. The van der Waals surface area contributed by atoms with Gasteiger partial charge in [0.2, 0.25) is 0 Å². The van der Waals surface area contributed by atoms with Gasteiger partial charge in [-0.25, -0.2) is 0 Å². The topological polar surface area (TPSA) is 30.2 Å². The predicted octanol–water partition coefficient (Wildman–Crippen LogP) is 3.43. The quantitative estimate of drug-likeness (QED) is 0.805. The predicted molar refractivity (Wildman–Crippen MR) is 69.2 cm³/mol. The third kappa shape index (κ3) is 2.16. The molecule has 0 amide bonds. The van der Waals surface area contributed by atoms with Crippen LogP contribution < -0.4 is 5.43 Å². The van der Waals surface area contributed by atoms with Crippen molar-refractivity contribution in [1.29, 1.82) is 0 Å². The number of rotatable bonds is 3. The van der Waals surface area contributed by atoms with E-state index in [0.29, 0.717) is 12.0 Å². The van der Waals surface area contributed by atoms with Gasteiger partial charge in [-0.1, -0.05) is 44.2 Å². The summed E-state index contributed by atoms with van der Waals surface area (Å²) in [6.07, 6.45) is 3.02. The molecule has 0 unspecified atom stereocenters. The molecule has 0 aliphatic heterocycles. The van der Waals surface area contributed by atoms with Crippen LogP contribution in [0.4, 0.5) is 0 Å². The van der Waals surface area contributed by atoms with Crippen LogP contribution >= 0.6 is 0 Å². The maximum absolute atomic E-state index is 12.3. The molecule has 1 aromatic heterocycles. The Hall–Kier alpha value is -1.83. The van der Waals surface area contributed by atoms with E-state index in [1.54, 1.807) is 6.26 Å². The fraction of sp³-hybridized carbons (Fsp3) is 0.267. The molecule has 0 saturated carbocycles. The smallest absolute Gasteiger partial charge is 0.196 e. The van der Waals surface area contributed by atoms with Crippen molar-refractivity contribution in [3.05, 3.63) is 58.1 Å². The van der Waals surface area contributed by atoms with Gasteiger partial charge < -0.3 is 4.42 Å². The molecular weight excluding hydrogens is 212 g/mol. The zero-order chi connectivity index (χ0) is 12.3. The number of benzene rings is 1. The standard InChI is InChI=1S/C15H16O2/c1-3-11-10-17-13(4-2)14(15(11)16)12-8-6-5-7-9-12/h5-10H,3-4H2,1-2H3. The van der Waals surface area contributed by atoms with Crippen molar-refractivity contribution < 1.29 is 4.42 Å². The summed E-state index contributed by atoms with van der Waals surface area (Å²) in [6.45, 7) is 3.96. The molecule has 2 heteroatoms. The Morgan fingerprint density at radius 2 is 1.76 bits per heavy atom. The third-order valence-corrected chi connectivity index (χ3v) is 2.91. The summed E-state index contributed by atoms with van der Waals surface area (Å²) in [5.74, 6) is 0.762. The summed E-state index contributed by atoms with van der Waals surface area (Å²) in [6, 6.07) is 9.72. The van der Waals surface area contributed by atoms with Crippen molar-refractivity contribution in [2.45, 2.75) is 26.7 Å². The fourth-order valence-electron chi connectivity index (χ4n) is 1.94. The second-order valence-corrected chi connectivity index (χ2v) is 3.96. The van der Waals surface area contributed by atoms with Gasteiger partial charge in [-0.15, -0.1) is 0 Å². The van der Waals surface area contributed by atoms with Gasteiger partial charge in [0.05, 0.1) is 11.8 Å². The summed E-state index contributed by atoms with van der Waals surface area (Å²) >= 11 is 0. The highest BCUT2D eigenvalue weighted by atomic mass is 16.3. The Labute approximate surface area is 101 Å². The Morgan fingerprint density at radius 3 is 2.35 bits per heavy atom. The number of hydrogen-bond donors (Lipinski definition) is 0. The van der Waals surface area contributed by atoms with Gasteiger partial charge >= 0.3 is 0 Å². The fourth-order valence-corrected chi connectivity index (χ4v) is 1.94. The van der Waals surface area contributed by atoms with Gasteiger partial charge in [-0.3, -0.25) is 4.79 Å². The second-order valence-electron chi connectivity index (χ2n) is 3.96. The minimum atomic E-state index is 0.0989. The first-order valence-electron chi connectivity index (χ1n) is 5.96. The minimum Gasteiger partial charge on any atom is -0.468 e. The van der Waals surface area contributed by atoms with E-state index in [1.165, 1.54) is 0 Å². The maximum atomic E-state index is 12.3. The second kappa shape index (κ2) is 5.00. The van der Waals surface area contributed by atoms with Crippen LogP contribution in [0.5, 0.6) is 0 Å². The first kappa shape index (κ1) is 11.6. The van der Waals surface area contributed by atoms with Gasteiger partial charge in [-0.05, 0) is 12.0 Å². The Kier molecular flexibility index (Phi) is 3.43.